The van der Waals surface area contributed by atoms with Crippen molar-refractivity contribution in [3.8, 4) is 0 Å². The van der Waals surface area contributed by atoms with Gasteiger partial charge in [-0.3, -0.25) is 4.79 Å². The van der Waals surface area contributed by atoms with Gasteiger partial charge in [0.1, 0.15) is 11.6 Å². The fourth-order valence-corrected chi connectivity index (χ4v) is 1.74. The number of benzene rings is 1. The number of hydrogen-bond donors (Lipinski definition) is 2. The molecular weight excluding hydrogens is 273 g/mol. The summed E-state index contributed by atoms with van der Waals surface area (Å²) in [6.07, 6.45) is 1.69. The Morgan fingerprint density at radius 3 is 2.67 bits per heavy atom. The molecule has 21 heavy (non-hydrogen) atoms. The molecule has 0 radical (unpaired) electrons. The highest BCUT2D eigenvalue weighted by Gasteiger charge is 2.19. The van der Waals surface area contributed by atoms with Crippen molar-refractivity contribution in [1.82, 2.24) is 4.98 Å². The second-order valence-corrected chi connectivity index (χ2v) is 5.78. The number of nitrogens with two attached hydrogens (primary N) is 1. The molecule has 6 heteroatoms. The predicted molar refractivity (Wildman–Crippen MR) is 77.4 cm³/mol. The van der Waals surface area contributed by atoms with Gasteiger partial charge in [0, 0.05) is 11.1 Å². The number of hydrogen-bond acceptors (Lipinski definition) is 4. The third kappa shape index (κ3) is 3.59. The molecule has 0 bridgehead atoms. The van der Waals surface area contributed by atoms with Crippen LogP contribution in [0.5, 0.6) is 0 Å². The van der Waals surface area contributed by atoms with Crippen molar-refractivity contribution < 1.29 is 13.6 Å². The predicted octanol–water partition coefficient (Wildman–Crippen LogP) is 2.82. The molecule has 0 aliphatic rings. The molecule has 0 saturated carbocycles. The highest BCUT2D eigenvalue weighted by molar-refractivity contribution is 5.93. The third-order valence-electron chi connectivity index (χ3n) is 2.97. The van der Waals surface area contributed by atoms with Crippen molar-refractivity contribution in [2.45, 2.75) is 32.7 Å². The number of anilines is 1. The normalized spacial score (nSPS) is 11.4. The minimum absolute atomic E-state index is 0.111. The lowest BCUT2D eigenvalue weighted by molar-refractivity contribution is 0.0996. The van der Waals surface area contributed by atoms with Crippen LogP contribution in [-0.4, -0.2) is 10.9 Å². The molecule has 112 valence electrons. The first-order valence-corrected chi connectivity index (χ1v) is 6.56. The van der Waals surface area contributed by atoms with Gasteiger partial charge in [0.25, 0.3) is 5.91 Å². The molecule has 0 aliphatic carbocycles. The van der Waals surface area contributed by atoms with Crippen LogP contribution in [-0.2, 0) is 12.0 Å². The topological polar surface area (TPSA) is 81.1 Å². The lowest BCUT2D eigenvalue weighted by atomic mass is 9.94. The fraction of sp³-hybridized carbons (Fsp3) is 0.333. The van der Waals surface area contributed by atoms with Gasteiger partial charge in [-0.25, -0.2) is 9.37 Å². The Morgan fingerprint density at radius 2 is 2.14 bits per heavy atom. The molecule has 0 aliphatic heterocycles. The summed E-state index contributed by atoms with van der Waals surface area (Å²) in [4.78, 5) is 15.1. The van der Waals surface area contributed by atoms with Crippen molar-refractivity contribution in [2.75, 3.05) is 5.32 Å². The van der Waals surface area contributed by atoms with Crippen LogP contribution in [0, 0.1) is 5.82 Å². The minimum Gasteiger partial charge on any atom is -0.443 e. The van der Waals surface area contributed by atoms with Gasteiger partial charge >= 0.3 is 0 Å². The zero-order valence-electron chi connectivity index (χ0n) is 12.2. The van der Waals surface area contributed by atoms with Gasteiger partial charge in [0.15, 0.2) is 0 Å². The van der Waals surface area contributed by atoms with E-state index in [4.69, 9.17) is 10.2 Å². The summed E-state index contributed by atoms with van der Waals surface area (Å²) >= 11 is 0. The van der Waals surface area contributed by atoms with Crippen molar-refractivity contribution in [1.29, 1.82) is 0 Å². The van der Waals surface area contributed by atoms with Gasteiger partial charge in [-0.15, -0.1) is 0 Å². The highest BCUT2D eigenvalue weighted by Crippen LogP contribution is 2.23. The van der Waals surface area contributed by atoms with E-state index in [0.29, 0.717) is 18.1 Å². The number of oxazole rings is 1. The second-order valence-electron chi connectivity index (χ2n) is 5.78. The molecule has 5 nitrogen and oxygen atoms in total. The number of amides is 1. The van der Waals surface area contributed by atoms with Crippen LogP contribution in [0.15, 0.2) is 28.8 Å². The molecule has 0 unspecified atom stereocenters. The number of carbonyl (C=O) groups excluding carboxylic acids is 1. The fourth-order valence-electron chi connectivity index (χ4n) is 1.74. The van der Waals surface area contributed by atoms with Crippen LogP contribution in [0.1, 0.15) is 42.8 Å². The Bertz CT molecular complexity index is 659. The Balaban J connectivity index is 2.05. The van der Waals surface area contributed by atoms with Crippen LogP contribution >= 0.6 is 0 Å². The first kappa shape index (κ1) is 15.0. The molecule has 0 spiro atoms. The van der Waals surface area contributed by atoms with E-state index in [1.165, 1.54) is 12.1 Å². The zero-order valence-corrected chi connectivity index (χ0v) is 12.2. The van der Waals surface area contributed by atoms with Crippen LogP contribution in [0.25, 0.3) is 0 Å². The molecule has 1 aromatic carbocycles. The first-order chi connectivity index (χ1) is 9.77. The van der Waals surface area contributed by atoms with Crippen molar-refractivity contribution in [3.63, 3.8) is 0 Å². The van der Waals surface area contributed by atoms with Gasteiger partial charge in [-0.05, 0) is 18.2 Å². The number of primary amides is 1. The highest BCUT2D eigenvalue weighted by atomic mass is 19.1. The smallest absolute Gasteiger partial charge is 0.251 e. The van der Waals surface area contributed by atoms with E-state index in [-0.39, 0.29) is 11.0 Å². The Kier molecular flexibility index (Phi) is 3.97. The molecule has 3 N–H and O–H groups in total. The van der Waals surface area contributed by atoms with Gasteiger partial charge in [0.05, 0.1) is 18.3 Å². The maximum absolute atomic E-state index is 13.6. The molecule has 0 atom stereocenters. The molecule has 2 rings (SSSR count). The van der Waals surface area contributed by atoms with Gasteiger partial charge < -0.3 is 15.5 Å². The molecule has 1 aromatic heterocycles. The summed E-state index contributed by atoms with van der Waals surface area (Å²) in [7, 11) is 0. The summed E-state index contributed by atoms with van der Waals surface area (Å²) in [5, 5.41) is 2.98. The van der Waals surface area contributed by atoms with Crippen molar-refractivity contribution in [3.05, 3.63) is 47.4 Å². The van der Waals surface area contributed by atoms with Crippen LogP contribution < -0.4 is 11.1 Å². The average Bonchev–Trinajstić information content (AvgIpc) is 2.84. The Labute approximate surface area is 122 Å². The third-order valence-corrected chi connectivity index (χ3v) is 2.97. The number of carbonyl (C=O) groups is 1. The molecule has 0 fully saturated rings. The Morgan fingerprint density at radius 1 is 1.43 bits per heavy atom. The number of nitrogens with zero attached hydrogens (tertiary/aromatic N) is 1. The van der Waals surface area contributed by atoms with E-state index in [2.05, 4.69) is 10.3 Å². The SMILES string of the molecule is CC(C)(C)c1cnc(CNc2ccc(C(N)=O)c(F)c2)o1. The first-order valence-electron chi connectivity index (χ1n) is 6.56. The standard InChI is InChI=1S/C15H18FN3O2/c1-15(2,3)12-7-19-13(21-12)8-18-9-4-5-10(14(17)20)11(16)6-9/h4-7,18H,8H2,1-3H3,(H2,17,20). The zero-order chi connectivity index (χ0) is 15.6. The summed E-state index contributed by atoms with van der Waals surface area (Å²) in [5.74, 6) is -0.147. The van der Waals surface area contributed by atoms with Crippen LogP contribution in [0.3, 0.4) is 0 Å². The number of rotatable bonds is 4. The van der Waals surface area contributed by atoms with E-state index in [1.807, 2.05) is 20.8 Å². The quantitative estimate of drug-likeness (QED) is 0.907. The number of aromatic nitrogens is 1. The molecule has 1 heterocycles. The van der Waals surface area contributed by atoms with Gasteiger partial charge in [-0.2, -0.15) is 0 Å². The monoisotopic (exact) mass is 291 g/mol. The van der Waals surface area contributed by atoms with E-state index < -0.39 is 11.7 Å². The molecular formula is C15H18FN3O2. The lowest BCUT2D eigenvalue weighted by Crippen LogP contribution is -2.13. The molecule has 1 amide bonds. The van der Waals surface area contributed by atoms with E-state index in [9.17, 15) is 9.18 Å². The number of nitrogens with one attached hydrogen (secondary N) is 1. The van der Waals surface area contributed by atoms with Crippen molar-refractivity contribution in [2.24, 2.45) is 5.73 Å². The second kappa shape index (κ2) is 5.55. The van der Waals surface area contributed by atoms with E-state index >= 15 is 0 Å². The van der Waals surface area contributed by atoms with Crippen LogP contribution in [0.2, 0.25) is 0 Å². The van der Waals surface area contributed by atoms with E-state index in [0.717, 1.165) is 5.76 Å². The summed E-state index contributed by atoms with van der Waals surface area (Å²) < 4.78 is 19.2. The Hall–Kier alpha value is -2.37. The maximum Gasteiger partial charge on any atom is 0.251 e. The lowest BCUT2D eigenvalue weighted by Gasteiger charge is -2.13. The minimum atomic E-state index is -0.790. The van der Waals surface area contributed by atoms with E-state index in [1.54, 1.807) is 12.3 Å². The summed E-state index contributed by atoms with van der Waals surface area (Å²) in [6, 6.07) is 4.14. The average molecular weight is 291 g/mol. The van der Waals surface area contributed by atoms with Crippen molar-refractivity contribution >= 4 is 11.6 Å². The summed E-state index contributed by atoms with van der Waals surface area (Å²) in [5.41, 5.74) is 5.33. The van der Waals surface area contributed by atoms with Crippen LogP contribution in [0.4, 0.5) is 10.1 Å². The maximum atomic E-state index is 13.6. The molecule has 0 saturated heterocycles. The number of halogens is 1. The van der Waals surface area contributed by atoms with Gasteiger partial charge in [-0.1, -0.05) is 20.8 Å². The largest absolute Gasteiger partial charge is 0.443 e. The summed E-state index contributed by atoms with van der Waals surface area (Å²) in [6.45, 7) is 6.42. The molecule has 2 aromatic rings. The van der Waals surface area contributed by atoms with Gasteiger partial charge in [0.2, 0.25) is 5.89 Å².